The molecule has 0 aliphatic carbocycles. The summed E-state index contributed by atoms with van der Waals surface area (Å²) in [5.74, 6) is 0. The highest BCUT2D eigenvalue weighted by Crippen LogP contribution is 2.30. The Bertz CT molecular complexity index is 613. The Kier molecular flexibility index (Phi) is 4.24. The van der Waals surface area contributed by atoms with Crippen LogP contribution in [0.3, 0.4) is 0 Å². The zero-order valence-corrected chi connectivity index (χ0v) is 12.0. The van der Waals surface area contributed by atoms with E-state index in [1.54, 1.807) is 18.6 Å². The highest BCUT2D eigenvalue weighted by molar-refractivity contribution is 6.33. The topological polar surface area (TPSA) is 73.0 Å². The predicted octanol–water partition coefficient (Wildman–Crippen LogP) is 3.25. The number of imidazole rings is 1. The van der Waals surface area contributed by atoms with E-state index in [-0.39, 0.29) is 16.8 Å². The summed E-state index contributed by atoms with van der Waals surface area (Å²) in [5.41, 5.74) is 1.52. The molecule has 106 valence electrons. The number of halogens is 1. The Balaban J connectivity index is 2.13. The second-order valence-corrected chi connectivity index (χ2v) is 5.09. The van der Waals surface area contributed by atoms with Gasteiger partial charge in [0.1, 0.15) is 5.02 Å². The summed E-state index contributed by atoms with van der Waals surface area (Å²) in [6, 6.07) is 3.22. The second kappa shape index (κ2) is 5.92. The van der Waals surface area contributed by atoms with E-state index in [0.29, 0.717) is 0 Å². The van der Waals surface area contributed by atoms with Gasteiger partial charge >= 0.3 is 0 Å². The van der Waals surface area contributed by atoms with Crippen molar-refractivity contribution >= 4 is 23.0 Å². The molecule has 1 N–H and O–H groups in total. The van der Waals surface area contributed by atoms with Gasteiger partial charge in [-0.25, -0.2) is 4.98 Å². The van der Waals surface area contributed by atoms with Crippen LogP contribution in [0.15, 0.2) is 30.9 Å². The molecule has 1 aromatic carbocycles. The number of aromatic nitrogens is 2. The number of hydrogen-bond donors (Lipinski definition) is 1. The first-order chi connectivity index (χ1) is 9.47. The van der Waals surface area contributed by atoms with Gasteiger partial charge in [-0.3, -0.25) is 10.1 Å². The number of nitrogens with one attached hydrogen (secondary N) is 1. The molecule has 1 atom stereocenters. The van der Waals surface area contributed by atoms with Crippen molar-refractivity contribution in [3.63, 3.8) is 0 Å². The van der Waals surface area contributed by atoms with Crippen LogP contribution in [-0.2, 0) is 6.54 Å². The number of hydrogen-bond acceptors (Lipinski definition) is 4. The molecule has 7 heteroatoms. The van der Waals surface area contributed by atoms with Crippen LogP contribution >= 0.6 is 11.6 Å². The van der Waals surface area contributed by atoms with Crippen LogP contribution < -0.4 is 5.32 Å². The Hall–Kier alpha value is -2.08. The summed E-state index contributed by atoms with van der Waals surface area (Å²) in [6.45, 7) is 4.58. The van der Waals surface area contributed by atoms with E-state index in [0.717, 1.165) is 17.8 Å². The van der Waals surface area contributed by atoms with Crippen molar-refractivity contribution in [2.24, 2.45) is 0 Å². The molecule has 0 radical (unpaired) electrons. The molecule has 0 aliphatic heterocycles. The van der Waals surface area contributed by atoms with Gasteiger partial charge in [0.2, 0.25) is 0 Å². The molecule has 1 unspecified atom stereocenters. The maximum atomic E-state index is 10.8. The van der Waals surface area contributed by atoms with E-state index < -0.39 is 4.92 Å². The number of nitro benzene ring substituents is 1. The molecule has 20 heavy (non-hydrogen) atoms. The third-order valence-corrected chi connectivity index (χ3v) is 3.24. The Morgan fingerprint density at radius 3 is 2.90 bits per heavy atom. The molecule has 0 saturated carbocycles. The summed E-state index contributed by atoms with van der Waals surface area (Å²) in [6.07, 6.45) is 5.35. The first-order valence-corrected chi connectivity index (χ1v) is 6.52. The molecule has 0 aliphatic rings. The Morgan fingerprint density at radius 2 is 2.30 bits per heavy atom. The van der Waals surface area contributed by atoms with Gasteiger partial charge in [-0.1, -0.05) is 11.6 Å². The third-order valence-electron chi connectivity index (χ3n) is 2.94. The first kappa shape index (κ1) is 14.3. The fourth-order valence-electron chi connectivity index (χ4n) is 1.98. The van der Waals surface area contributed by atoms with Gasteiger partial charge in [0, 0.05) is 36.7 Å². The van der Waals surface area contributed by atoms with E-state index >= 15 is 0 Å². The van der Waals surface area contributed by atoms with Crippen LogP contribution in [0.5, 0.6) is 0 Å². The average Bonchev–Trinajstić information content (AvgIpc) is 2.85. The van der Waals surface area contributed by atoms with E-state index in [4.69, 9.17) is 11.6 Å². The minimum Gasteiger partial charge on any atom is -0.381 e. The molecule has 0 bridgehead atoms. The van der Waals surface area contributed by atoms with E-state index in [9.17, 15) is 10.1 Å². The van der Waals surface area contributed by atoms with Gasteiger partial charge in [-0.15, -0.1) is 0 Å². The molecular weight excluding hydrogens is 280 g/mol. The summed E-state index contributed by atoms with van der Waals surface area (Å²) in [5, 5.41) is 14.2. The van der Waals surface area contributed by atoms with Crippen molar-refractivity contribution in [3.8, 4) is 0 Å². The summed E-state index contributed by atoms with van der Waals surface area (Å²) >= 11 is 5.93. The lowest BCUT2D eigenvalue weighted by molar-refractivity contribution is -0.384. The molecule has 0 saturated heterocycles. The minimum atomic E-state index is -0.478. The maximum absolute atomic E-state index is 10.8. The minimum absolute atomic E-state index is 0.0722. The summed E-state index contributed by atoms with van der Waals surface area (Å²) in [4.78, 5) is 14.3. The number of anilines is 1. The number of nitro groups is 1. The predicted molar refractivity (Wildman–Crippen MR) is 78.2 cm³/mol. The lowest BCUT2D eigenvalue weighted by Gasteiger charge is -2.17. The number of nitrogens with zero attached hydrogens (tertiary/aromatic N) is 3. The smallest absolute Gasteiger partial charge is 0.288 e. The zero-order valence-electron chi connectivity index (χ0n) is 11.2. The standard InChI is InChI=1S/C13H15ClN4O2/c1-9-5-13(18(19)20)11(14)6-12(9)16-10(2)7-17-4-3-15-8-17/h3-6,8,10,16H,7H2,1-2H3. The van der Waals surface area contributed by atoms with Crippen LogP contribution in [-0.4, -0.2) is 20.5 Å². The van der Waals surface area contributed by atoms with Crippen LogP contribution in [0.25, 0.3) is 0 Å². The SMILES string of the molecule is Cc1cc([N+](=O)[O-])c(Cl)cc1NC(C)Cn1ccnc1. The summed E-state index contributed by atoms with van der Waals surface area (Å²) in [7, 11) is 0. The fourth-order valence-corrected chi connectivity index (χ4v) is 2.22. The molecule has 1 heterocycles. The van der Waals surface area contributed by atoms with E-state index in [1.165, 1.54) is 6.07 Å². The second-order valence-electron chi connectivity index (χ2n) is 4.68. The Labute approximate surface area is 121 Å². The molecule has 0 fully saturated rings. The first-order valence-electron chi connectivity index (χ1n) is 6.14. The zero-order chi connectivity index (χ0) is 14.7. The monoisotopic (exact) mass is 294 g/mol. The van der Waals surface area contributed by atoms with Gasteiger partial charge in [-0.2, -0.15) is 0 Å². The number of benzene rings is 1. The molecule has 0 amide bonds. The van der Waals surface area contributed by atoms with Crippen molar-refractivity contribution in [1.82, 2.24) is 9.55 Å². The van der Waals surface area contributed by atoms with Gasteiger partial charge in [0.15, 0.2) is 0 Å². The molecule has 2 aromatic rings. The van der Waals surface area contributed by atoms with Crippen molar-refractivity contribution in [2.75, 3.05) is 5.32 Å². The summed E-state index contributed by atoms with van der Waals surface area (Å²) < 4.78 is 1.96. The van der Waals surface area contributed by atoms with Crippen molar-refractivity contribution in [1.29, 1.82) is 0 Å². The molecule has 0 spiro atoms. The fraction of sp³-hybridized carbons (Fsp3) is 0.308. The van der Waals surface area contributed by atoms with Crippen molar-refractivity contribution in [3.05, 3.63) is 51.6 Å². The molecule has 6 nitrogen and oxygen atoms in total. The average molecular weight is 295 g/mol. The maximum Gasteiger partial charge on any atom is 0.288 e. The van der Waals surface area contributed by atoms with Gasteiger partial charge in [0.05, 0.1) is 11.3 Å². The van der Waals surface area contributed by atoms with Crippen molar-refractivity contribution in [2.45, 2.75) is 26.4 Å². The normalized spacial score (nSPS) is 12.2. The highest BCUT2D eigenvalue weighted by Gasteiger charge is 2.15. The highest BCUT2D eigenvalue weighted by atomic mass is 35.5. The number of aryl methyl sites for hydroxylation is 1. The molecule has 2 rings (SSSR count). The number of rotatable bonds is 5. The van der Waals surface area contributed by atoms with Crippen LogP contribution in [0.4, 0.5) is 11.4 Å². The van der Waals surface area contributed by atoms with Gasteiger partial charge in [0.25, 0.3) is 5.69 Å². The van der Waals surface area contributed by atoms with E-state index in [1.807, 2.05) is 24.6 Å². The molecule has 1 aromatic heterocycles. The van der Waals surface area contributed by atoms with Gasteiger partial charge in [-0.05, 0) is 25.5 Å². The van der Waals surface area contributed by atoms with Crippen LogP contribution in [0, 0.1) is 17.0 Å². The van der Waals surface area contributed by atoms with Crippen LogP contribution in [0.1, 0.15) is 12.5 Å². The quantitative estimate of drug-likeness (QED) is 0.678. The lowest BCUT2D eigenvalue weighted by atomic mass is 10.1. The molecular formula is C13H15ClN4O2. The van der Waals surface area contributed by atoms with E-state index in [2.05, 4.69) is 10.3 Å². The van der Waals surface area contributed by atoms with Crippen molar-refractivity contribution < 1.29 is 4.92 Å². The third kappa shape index (κ3) is 3.27. The lowest BCUT2D eigenvalue weighted by Crippen LogP contribution is -2.21. The largest absolute Gasteiger partial charge is 0.381 e. The van der Waals surface area contributed by atoms with Gasteiger partial charge < -0.3 is 9.88 Å². The van der Waals surface area contributed by atoms with Crippen LogP contribution in [0.2, 0.25) is 5.02 Å². The Morgan fingerprint density at radius 1 is 1.55 bits per heavy atom.